The molecule has 3 aliphatic rings. The molecule has 7 nitrogen and oxygen atoms in total. The predicted octanol–water partition coefficient (Wildman–Crippen LogP) is 4.19. The third-order valence-electron chi connectivity index (χ3n) is 8.09. The first kappa shape index (κ1) is 25.1. The van der Waals surface area contributed by atoms with Gasteiger partial charge in [0.25, 0.3) is 0 Å². The zero-order valence-electron chi connectivity index (χ0n) is 21.7. The molecule has 3 aromatic rings. The van der Waals surface area contributed by atoms with Crippen LogP contribution < -0.4 is 4.90 Å². The highest BCUT2D eigenvalue weighted by molar-refractivity contribution is 7.89. The Balaban J connectivity index is 1.32. The number of methoxy groups -OCH3 is 1. The van der Waals surface area contributed by atoms with Crippen LogP contribution in [0.15, 0.2) is 47.0 Å². The van der Waals surface area contributed by atoms with Crippen LogP contribution in [0.2, 0.25) is 0 Å². The van der Waals surface area contributed by atoms with Crippen molar-refractivity contribution in [3.05, 3.63) is 76.9 Å². The van der Waals surface area contributed by atoms with Gasteiger partial charge in [-0.1, -0.05) is 11.6 Å². The molecule has 0 bridgehead atoms. The number of hydrogen-bond acceptors (Lipinski definition) is 5. The van der Waals surface area contributed by atoms with Crippen LogP contribution in [0, 0.1) is 30.3 Å². The molecule has 0 N–H and O–H groups in total. The number of fused-ring (bicyclic) bond motifs is 2. The monoisotopic (exact) mass is 534 g/mol. The lowest BCUT2D eigenvalue weighted by molar-refractivity contribution is 0.0733. The van der Waals surface area contributed by atoms with Gasteiger partial charge in [-0.3, -0.25) is 0 Å². The number of sulfonamides is 1. The van der Waals surface area contributed by atoms with Gasteiger partial charge >= 0.3 is 0 Å². The highest BCUT2D eigenvalue weighted by Crippen LogP contribution is 2.45. The highest BCUT2D eigenvalue weighted by Gasteiger charge is 2.46. The van der Waals surface area contributed by atoms with Crippen LogP contribution in [0.5, 0.6) is 0 Å². The second kappa shape index (κ2) is 9.53. The summed E-state index contributed by atoms with van der Waals surface area (Å²) in [6, 6.07) is 14.2. The molecule has 3 heterocycles. The molecule has 1 atom stereocenters. The summed E-state index contributed by atoms with van der Waals surface area (Å²) in [6.07, 6.45) is 7.38. The van der Waals surface area contributed by atoms with Crippen LogP contribution in [-0.2, 0) is 21.2 Å². The maximum Gasteiger partial charge on any atom is 0.243 e. The molecular formula is C29H31FN4O3S. The van der Waals surface area contributed by atoms with Crippen LogP contribution in [-0.4, -0.2) is 62.4 Å². The quantitative estimate of drug-likeness (QED) is 0.475. The summed E-state index contributed by atoms with van der Waals surface area (Å²) in [4.78, 5) is 2.59. The lowest BCUT2D eigenvalue weighted by Crippen LogP contribution is -2.51. The smallest absolute Gasteiger partial charge is 0.243 e. The SMILES string of the molecule is COCC12Cc3cnn(-c4c#cc(F)cc4C)c3C=C1CCN(S(=O)(=O)c1cccc(N3CCCC3)c1)C2. The molecule has 0 saturated carbocycles. The first-order chi connectivity index (χ1) is 18.3. The molecule has 0 spiro atoms. The van der Waals surface area contributed by atoms with E-state index in [4.69, 9.17) is 4.74 Å². The van der Waals surface area contributed by atoms with Gasteiger partial charge in [0, 0.05) is 44.4 Å². The van der Waals surface area contributed by atoms with Gasteiger partial charge in [0.05, 0.1) is 23.4 Å². The van der Waals surface area contributed by atoms with Crippen molar-refractivity contribution in [3.63, 3.8) is 0 Å². The number of rotatable bonds is 6. The van der Waals surface area contributed by atoms with Crippen LogP contribution in [0.3, 0.4) is 0 Å². The van der Waals surface area contributed by atoms with Crippen LogP contribution in [0.25, 0.3) is 11.8 Å². The Morgan fingerprint density at radius 1 is 1.16 bits per heavy atom. The van der Waals surface area contributed by atoms with Crippen molar-refractivity contribution < 1.29 is 17.5 Å². The van der Waals surface area contributed by atoms with Gasteiger partial charge in [-0.05, 0) is 86.2 Å². The minimum Gasteiger partial charge on any atom is -0.384 e. The van der Waals surface area contributed by atoms with E-state index in [-0.39, 0.29) is 0 Å². The molecule has 1 aliphatic carbocycles. The van der Waals surface area contributed by atoms with Gasteiger partial charge in [0.1, 0.15) is 5.69 Å². The number of aromatic nitrogens is 2. The molecule has 1 unspecified atom stereocenters. The Kier molecular flexibility index (Phi) is 6.29. The standard InChI is InChI=1S/C29H31FN4O3S/c1-21-14-24(30)8-9-27(21)34-28-15-23-10-13-33(19-29(23,20-37-2)17-22(28)18-31-34)38(35,36)26-7-5-6-25(16-26)32-11-3-4-12-32/h5-7,14-16,18H,3-4,10-13,17,19-20H2,1-2H3. The van der Waals surface area contributed by atoms with Gasteiger partial charge in [-0.25, -0.2) is 13.1 Å². The average molecular weight is 535 g/mol. The molecule has 2 saturated heterocycles. The number of hydrogen-bond donors (Lipinski definition) is 0. The van der Waals surface area contributed by atoms with E-state index in [1.165, 1.54) is 6.07 Å². The van der Waals surface area contributed by atoms with Crippen molar-refractivity contribution >= 4 is 21.8 Å². The molecule has 9 heteroatoms. The van der Waals surface area contributed by atoms with E-state index in [1.807, 2.05) is 31.3 Å². The lowest BCUT2D eigenvalue weighted by Gasteiger charge is -2.45. The molecule has 6 rings (SSSR count). The van der Waals surface area contributed by atoms with E-state index < -0.39 is 21.3 Å². The summed E-state index contributed by atoms with van der Waals surface area (Å²) in [5.74, 6) is -0.454. The number of anilines is 1. The fourth-order valence-electron chi connectivity index (χ4n) is 6.18. The molecule has 2 aliphatic heterocycles. The normalized spacial score (nSPS) is 21.6. The molecule has 2 fully saturated rings. The Bertz CT molecular complexity index is 1510. The number of nitrogens with zero attached hydrogens (tertiary/aromatic N) is 4. The van der Waals surface area contributed by atoms with Gasteiger partial charge in [0.2, 0.25) is 10.0 Å². The average Bonchev–Trinajstić information content (AvgIpc) is 3.58. The zero-order chi connectivity index (χ0) is 26.5. The maximum atomic E-state index is 13.9. The predicted molar refractivity (Wildman–Crippen MR) is 143 cm³/mol. The van der Waals surface area contributed by atoms with Crippen molar-refractivity contribution in [2.24, 2.45) is 5.41 Å². The fourth-order valence-corrected chi connectivity index (χ4v) is 7.75. The minimum atomic E-state index is -3.69. The van der Waals surface area contributed by atoms with Crippen molar-refractivity contribution in [1.82, 2.24) is 14.1 Å². The number of ether oxygens (including phenoxy) is 1. The lowest BCUT2D eigenvalue weighted by atomic mass is 9.69. The molecule has 0 radical (unpaired) electrons. The summed E-state index contributed by atoms with van der Waals surface area (Å²) < 4.78 is 50.5. The molecule has 0 amide bonds. The number of benzene rings is 1. The summed E-state index contributed by atoms with van der Waals surface area (Å²) >= 11 is 0. The molecule has 1 aromatic heterocycles. The summed E-state index contributed by atoms with van der Waals surface area (Å²) in [5.41, 5.74) is 4.92. The number of aryl methyl sites for hydroxylation is 1. The van der Waals surface area contributed by atoms with Gasteiger partial charge < -0.3 is 9.64 Å². The van der Waals surface area contributed by atoms with Crippen LogP contribution >= 0.6 is 0 Å². The largest absolute Gasteiger partial charge is 0.384 e. The van der Waals surface area contributed by atoms with E-state index >= 15 is 0 Å². The van der Waals surface area contributed by atoms with Crippen molar-refractivity contribution in [2.75, 3.05) is 44.8 Å². The Labute approximate surface area is 223 Å². The molecule has 198 valence electrons. The molecular weight excluding hydrogens is 503 g/mol. The van der Waals surface area contributed by atoms with Crippen LogP contribution in [0.1, 0.15) is 36.1 Å². The Morgan fingerprint density at radius 2 is 1.97 bits per heavy atom. The second-order valence-corrected chi connectivity index (χ2v) is 12.5. The van der Waals surface area contributed by atoms with E-state index in [0.29, 0.717) is 43.1 Å². The number of halogens is 1. The first-order valence-electron chi connectivity index (χ1n) is 13.0. The van der Waals surface area contributed by atoms with Crippen molar-refractivity contribution in [1.29, 1.82) is 0 Å². The van der Waals surface area contributed by atoms with Gasteiger partial charge in [-0.15, -0.1) is 0 Å². The maximum absolute atomic E-state index is 13.9. The van der Waals surface area contributed by atoms with Crippen molar-refractivity contribution in [2.45, 2.75) is 37.5 Å². The van der Waals surface area contributed by atoms with Gasteiger partial charge in [0.15, 0.2) is 5.82 Å². The topological polar surface area (TPSA) is 67.7 Å². The van der Waals surface area contributed by atoms with E-state index in [0.717, 1.165) is 54.0 Å². The van der Waals surface area contributed by atoms with E-state index in [2.05, 4.69) is 28.2 Å². The van der Waals surface area contributed by atoms with Crippen molar-refractivity contribution in [3.8, 4) is 5.69 Å². The van der Waals surface area contributed by atoms with Crippen LogP contribution in [0.4, 0.5) is 10.1 Å². The molecule has 2 aromatic carbocycles. The first-order valence-corrected chi connectivity index (χ1v) is 14.5. The summed E-state index contributed by atoms with van der Waals surface area (Å²) in [6.45, 7) is 4.88. The second-order valence-electron chi connectivity index (χ2n) is 10.6. The fraction of sp³-hybridized carbons (Fsp3) is 0.414. The van der Waals surface area contributed by atoms with E-state index in [9.17, 15) is 12.8 Å². The third kappa shape index (κ3) is 4.21. The van der Waals surface area contributed by atoms with Gasteiger partial charge in [-0.2, -0.15) is 13.8 Å². The third-order valence-corrected chi connectivity index (χ3v) is 9.93. The Hall–Kier alpha value is -3.19. The summed E-state index contributed by atoms with van der Waals surface area (Å²) in [5, 5.41) is 4.59. The summed E-state index contributed by atoms with van der Waals surface area (Å²) in [7, 11) is -2.03. The highest BCUT2D eigenvalue weighted by atomic mass is 32.2. The minimum absolute atomic E-state index is 0.336. The number of piperidine rings is 1. The molecule has 38 heavy (non-hydrogen) atoms. The Morgan fingerprint density at radius 3 is 2.74 bits per heavy atom. The zero-order valence-corrected chi connectivity index (χ0v) is 22.5. The van der Waals surface area contributed by atoms with E-state index in [1.54, 1.807) is 22.2 Å².